The second kappa shape index (κ2) is 4.59. The fourth-order valence-corrected chi connectivity index (χ4v) is 3.19. The molecule has 3 rings (SSSR count). The highest BCUT2D eigenvalue weighted by atomic mass is 79.9. The Morgan fingerprint density at radius 2 is 1.71 bits per heavy atom. The van der Waals surface area contributed by atoms with Gasteiger partial charge in [-0.3, -0.25) is 0 Å². The molecule has 0 amide bonds. The van der Waals surface area contributed by atoms with E-state index >= 15 is 0 Å². The molecular formula is C13H16BrNO2. The summed E-state index contributed by atoms with van der Waals surface area (Å²) in [4.78, 5) is 2.42. The number of benzene rings is 1. The average Bonchev–Trinajstić information content (AvgIpc) is 2.29. The van der Waals surface area contributed by atoms with Crippen LogP contribution in [0.1, 0.15) is 12.8 Å². The molecular weight excluding hydrogens is 282 g/mol. The summed E-state index contributed by atoms with van der Waals surface area (Å²) < 4.78 is 6.70. The molecule has 2 heterocycles. The van der Waals surface area contributed by atoms with E-state index in [0.29, 0.717) is 12.1 Å². The summed E-state index contributed by atoms with van der Waals surface area (Å²) in [6.45, 7) is 1.45. The Hall–Kier alpha value is -0.580. The van der Waals surface area contributed by atoms with Crippen molar-refractivity contribution in [3.05, 3.63) is 28.7 Å². The SMILES string of the molecule is OC1CC2COCC(C1)N2c1ccc(Br)cc1. The summed E-state index contributed by atoms with van der Waals surface area (Å²) in [5, 5.41) is 9.83. The number of piperidine rings is 1. The van der Waals surface area contributed by atoms with Crippen LogP contribution in [-0.4, -0.2) is 36.5 Å². The number of hydrogen-bond acceptors (Lipinski definition) is 3. The molecule has 2 aliphatic heterocycles. The molecule has 0 aromatic heterocycles. The lowest BCUT2D eigenvalue weighted by molar-refractivity contribution is 0.00124. The largest absolute Gasteiger partial charge is 0.393 e. The van der Waals surface area contributed by atoms with Gasteiger partial charge in [0.15, 0.2) is 0 Å². The molecule has 2 unspecified atom stereocenters. The van der Waals surface area contributed by atoms with Crippen molar-refractivity contribution in [1.29, 1.82) is 0 Å². The Labute approximate surface area is 110 Å². The molecule has 17 heavy (non-hydrogen) atoms. The molecule has 0 saturated carbocycles. The maximum atomic E-state index is 9.83. The lowest BCUT2D eigenvalue weighted by Crippen LogP contribution is -2.58. The van der Waals surface area contributed by atoms with Crippen LogP contribution in [-0.2, 0) is 4.74 Å². The molecule has 3 nitrogen and oxygen atoms in total. The van der Waals surface area contributed by atoms with Crippen LogP contribution in [0.5, 0.6) is 0 Å². The number of nitrogens with zero attached hydrogens (tertiary/aromatic N) is 1. The van der Waals surface area contributed by atoms with Gasteiger partial charge in [-0.25, -0.2) is 0 Å². The van der Waals surface area contributed by atoms with Gasteiger partial charge in [-0.05, 0) is 37.1 Å². The molecule has 4 heteroatoms. The first-order valence-corrected chi connectivity index (χ1v) is 6.83. The average molecular weight is 298 g/mol. The molecule has 2 atom stereocenters. The van der Waals surface area contributed by atoms with E-state index in [2.05, 4.69) is 45.1 Å². The van der Waals surface area contributed by atoms with Crippen molar-refractivity contribution in [2.45, 2.75) is 31.0 Å². The second-order valence-corrected chi connectivity index (χ2v) is 5.77. The molecule has 2 saturated heterocycles. The molecule has 0 radical (unpaired) electrons. The number of rotatable bonds is 1. The van der Waals surface area contributed by atoms with Crippen molar-refractivity contribution in [1.82, 2.24) is 0 Å². The van der Waals surface area contributed by atoms with E-state index in [1.165, 1.54) is 5.69 Å². The number of halogens is 1. The third-order valence-corrected chi connectivity index (χ3v) is 4.15. The topological polar surface area (TPSA) is 32.7 Å². The van der Waals surface area contributed by atoms with E-state index in [4.69, 9.17) is 4.74 Å². The van der Waals surface area contributed by atoms with E-state index in [1.807, 2.05) is 0 Å². The summed E-state index contributed by atoms with van der Waals surface area (Å²) in [5.74, 6) is 0. The van der Waals surface area contributed by atoms with Gasteiger partial charge in [0.2, 0.25) is 0 Å². The van der Waals surface area contributed by atoms with Crippen molar-refractivity contribution >= 4 is 21.6 Å². The van der Waals surface area contributed by atoms with Gasteiger partial charge >= 0.3 is 0 Å². The number of ether oxygens (including phenoxy) is 1. The molecule has 1 N–H and O–H groups in total. The fourth-order valence-electron chi connectivity index (χ4n) is 2.92. The zero-order valence-corrected chi connectivity index (χ0v) is 11.1. The minimum absolute atomic E-state index is 0.166. The van der Waals surface area contributed by atoms with Gasteiger partial charge in [0.1, 0.15) is 0 Å². The Kier molecular flexibility index (Phi) is 3.11. The van der Waals surface area contributed by atoms with Gasteiger partial charge < -0.3 is 14.7 Å². The van der Waals surface area contributed by atoms with Crippen molar-refractivity contribution in [2.75, 3.05) is 18.1 Å². The van der Waals surface area contributed by atoms with Crippen LogP contribution in [0, 0.1) is 0 Å². The minimum Gasteiger partial charge on any atom is -0.393 e. The van der Waals surface area contributed by atoms with Crippen LogP contribution in [0.25, 0.3) is 0 Å². The van der Waals surface area contributed by atoms with Gasteiger partial charge in [0.25, 0.3) is 0 Å². The molecule has 2 bridgehead atoms. The third-order valence-electron chi connectivity index (χ3n) is 3.62. The van der Waals surface area contributed by atoms with Crippen LogP contribution < -0.4 is 4.90 Å². The standard InChI is InChI=1S/C13H16BrNO2/c14-9-1-3-10(4-2-9)15-11-5-13(16)6-12(15)8-17-7-11/h1-4,11-13,16H,5-8H2. The zero-order valence-electron chi connectivity index (χ0n) is 9.55. The van der Waals surface area contributed by atoms with Crippen molar-refractivity contribution in [3.63, 3.8) is 0 Å². The quantitative estimate of drug-likeness (QED) is 0.862. The summed E-state index contributed by atoms with van der Waals surface area (Å²) in [6, 6.07) is 9.03. The van der Waals surface area contributed by atoms with E-state index < -0.39 is 0 Å². The lowest BCUT2D eigenvalue weighted by Gasteiger charge is -2.48. The van der Waals surface area contributed by atoms with Gasteiger partial charge in [-0.2, -0.15) is 0 Å². The Morgan fingerprint density at radius 1 is 1.12 bits per heavy atom. The second-order valence-electron chi connectivity index (χ2n) is 4.85. The highest BCUT2D eigenvalue weighted by Gasteiger charge is 2.38. The Morgan fingerprint density at radius 3 is 2.29 bits per heavy atom. The molecule has 1 aromatic carbocycles. The molecule has 0 spiro atoms. The summed E-state index contributed by atoms with van der Waals surface area (Å²) in [5.41, 5.74) is 1.23. The first-order valence-electron chi connectivity index (χ1n) is 6.04. The summed E-state index contributed by atoms with van der Waals surface area (Å²) >= 11 is 3.46. The Bertz CT molecular complexity index is 381. The van der Waals surface area contributed by atoms with Crippen molar-refractivity contribution in [3.8, 4) is 0 Å². The monoisotopic (exact) mass is 297 g/mol. The number of aliphatic hydroxyl groups is 1. The predicted octanol–water partition coefficient (Wildman–Crippen LogP) is 2.18. The predicted molar refractivity (Wildman–Crippen MR) is 70.3 cm³/mol. The smallest absolute Gasteiger partial charge is 0.0672 e. The zero-order chi connectivity index (χ0) is 11.8. The number of aliphatic hydroxyl groups excluding tert-OH is 1. The van der Waals surface area contributed by atoms with Gasteiger partial charge in [0.05, 0.1) is 31.4 Å². The molecule has 1 aromatic rings. The van der Waals surface area contributed by atoms with Gasteiger partial charge in [0, 0.05) is 10.2 Å². The summed E-state index contributed by atoms with van der Waals surface area (Å²) in [6.07, 6.45) is 1.46. The van der Waals surface area contributed by atoms with Crippen LogP contribution in [0.2, 0.25) is 0 Å². The molecule has 2 fully saturated rings. The highest BCUT2D eigenvalue weighted by molar-refractivity contribution is 9.10. The summed E-state index contributed by atoms with van der Waals surface area (Å²) in [7, 11) is 0. The van der Waals surface area contributed by atoms with Crippen molar-refractivity contribution < 1.29 is 9.84 Å². The molecule has 92 valence electrons. The Balaban J connectivity index is 1.89. The number of anilines is 1. The fraction of sp³-hybridized carbons (Fsp3) is 0.538. The lowest BCUT2D eigenvalue weighted by atomic mass is 9.91. The van der Waals surface area contributed by atoms with Gasteiger partial charge in [-0.1, -0.05) is 15.9 Å². The minimum atomic E-state index is -0.166. The van der Waals surface area contributed by atoms with E-state index in [9.17, 15) is 5.11 Å². The maximum absolute atomic E-state index is 9.83. The van der Waals surface area contributed by atoms with Crippen molar-refractivity contribution in [2.24, 2.45) is 0 Å². The number of hydrogen-bond donors (Lipinski definition) is 1. The number of fused-ring (bicyclic) bond motifs is 2. The van der Waals surface area contributed by atoms with Crippen LogP contribution in [0.3, 0.4) is 0 Å². The third kappa shape index (κ3) is 2.21. The van der Waals surface area contributed by atoms with E-state index in [-0.39, 0.29) is 6.10 Å². The van der Waals surface area contributed by atoms with E-state index in [1.54, 1.807) is 0 Å². The maximum Gasteiger partial charge on any atom is 0.0672 e. The van der Waals surface area contributed by atoms with Crippen LogP contribution >= 0.6 is 15.9 Å². The molecule has 2 aliphatic rings. The number of morpholine rings is 1. The van der Waals surface area contributed by atoms with E-state index in [0.717, 1.165) is 30.5 Å². The van der Waals surface area contributed by atoms with Gasteiger partial charge in [-0.15, -0.1) is 0 Å². The van der Waals surface area contributed by atoms with Crippen LogP contribution in [0.4, 0.5) is 5.69 Å². The molecule has 0 aliphatic carbocycles. The van der Waals surface area contributed by atoms with Crippen LogP contribution in [0.15, 0.2) is 28.7 Å². The normalized spacial score (nSPS) is 32.6. The first-order chi connectivity index (χ1) is 8.24. The first kappa shape index (κ1) is 11.5. The highest BCUT2D eigenvalue weighted by Crippen LogP contribution is 2.33.